The van der Waals surface area contributed by atoms with Crippen LogP contribution in [0.5, 0.6) is 0 Å². The number of halogens is 1. The molecule has 2 aromatic carbocycles. The normalized spacial score (nSPS) is 10.2. The molecule has 0 atom stereocenters. The van der Waals surface area contributed by atoms with Crippen LogP contribution in [0.1, 0.15) is 5.56 Å². The van der Waals surface area contributed by atoms with Crippen LogP contribution in [0.2, 0.25) is 5.15 Å². The Kier molecular flexibility index (Phi) is 4.51. The molecule has 0 unspecified atom stereocenters. The van der Waals surface area contributed by atoms with Crippen molar-refractivity contribution in [1.29, 1.82) is 0 Å². The predicted octanol–water partition coefficient (Wildman–Crippen LogP) is 4.49. The highest BCUT2D eigenvalue weighted by Crippen LogP contribution is 2.19. The first-order valence-electron chi connectivity index (χ1n) is 6.94. The maximum absolute atomic E-state index is 6.07. The van der Waals surface area contributed by atoms with E-state index in [1.165, 1.54) is 0 Å². The number of nitrogens with zero attached hydrogens (tertiary/aromatic N) is 2. The summed E-state index contributed by atoms with van der Waals surface area (Å²) in [6, 6.07) is 21.6. The lowest BCUT2D eigenvalue weighted by atomic mass is 10.2. The monoisotopic (exact) mass is 310 g/mol. The summed E-state index contributed by atoms with van der Waals surface area (Å²) >= 11 is 6.07. The minimum atomic E-state index is 0.393. The van der Waals surface area contributed by atoms with Crippen molar-refractivity contribution in [3.8, 4) is 0 Å². The number of hydrogen-bond donors (Lipinski definition) is 2. The molecule has 3 rings (SSSR count). The number of nitrogens with one attached hydrogen (secondary N) is 2. The lowest BCUT2D eigenvalue weighted by Gasteiger charge is -2.09. The first kappa shape index (κ1) is 14.4. The van der Waals surface area contributed by atoms with Crippen LogP contribution >= 0.6 is 11.6 Å². The fourth-order valence-electron chi connectivity index (χ4n) is 2.01. The molecule has 1 heterocycles. The third kappa shape index (κ3) is 3.96. The minimum absolute atomic E-state index is 0.393. The average Bonchev–Trinajstić information content (AvgIpc) is 2.54. The Balaban J connectivity index is 1.72. The van der Waals surface area contributed by atoms with E-state index >= 15 is 0 Å². The lowest BCUT2D eigenvalue weighted by Crippen LogP contribution is -2.05. The number of benzene rings is 2. The lowest BCUT2D eigenvalue weighted by molar-refractivity contribution is 1.06. The van der Waals surface area contributed by atoms with Crippen LogP contribution in [0.3, 0.4) is 0 Å². The van der Waals surface area contributed by atoms with E-state index in [4.69, 9.17) is 11.6 Å². The second kappa shape index (κ2) is 6.91. The molecule has 0 aliphatic rings. The van der Waals surface area contributed by atoms with E-state index < -0.39 is 0 Å². The summed E-state index contributed by atoms with van der Waals surface area (Å²) in [6.45, 7) is 0.645. The molecule has 0 amide bonds. The molecule has 0 saturated carbocycles. The Morgan fingerprint density at radius 2 is 1.55 bits per heavy atom. The second-order valence-electron chi connectivity index (χ2n) is 4.73. The van der Waals surface area contributed by atoms with Crippen molar-refractivity contribution >= 4 is 29.1 Å². The molecule has 22 heavy (non-hydrogen) atoms. The highest BCUT2D eigenvalue weighted by molar-refractivity contribution is 6.29. The fraction of sp³-hybridized carbons (Fsp3) is 0.0588. The molecule has 0 aliphatic carbocycles. The molecule has 0 spiro atoms. The van der Waals surface area contributed by atoms with Crippen molar-refractivity contribution in [3.05, 3.63) is 77.4 Å². The molecule has 0 aliphatic heterocycles. The summed E-state index contributed by atoms with van der Waals surface area (Å²) in [5, 5.41) is 6.78. The molecular weight excluding hydrogens is 296 g/mol. The highest BCUT2D eigenvalue weighted by Gasteiger charge is 2.04. The zero-order valence-corrected chi connectivity index (χ0v) is 12.6. The average molecular weight is 311 g/mol. The van der Waals surface area contributed by atoms with Gasteiger partial charge in [-0.1, -0.05) is 60.1 Å². The SMILES string of the molecule is Clc1cc(Nc2ccccc2)nc(NCc2ccccc2)n1. The second-order valence-corrected chi connectivity index (χ2v) is 5.12. The number of para-hydroxylation sites is 1. The van der Waals surface area contributed by atoms with E-state index in [1.54, 1.807) is 6.07 Å². The van der Waals surface area contributed by atoms with E-state index in [0.717, 1.165) is 11.3 Å². The molecule has 5 heteroatoms. The summed E-state index contributed by atoms with van der Waals surface area (Å²) < 4.78 is 0. The van der Waals surface area contributed by atoms with Crippen LogP contribution < -0.4 is 10.6 Å². The van der Waals surface area contributed by atoms with Gasteiger partial charge in [0.15, 0.2) is 0 Å². The Bertz CT molecular complexity index is 732. The summed E-state index contributed by atoms with van der Waals surface area (Å²) in [7, 11) is 0. The molecule has 0 bridgehead atoms. The Labute approximate surface area is 134 Å². The van der Waals surface area contributed by atoms with Gasteiger partial charge in [0.2, 0.25) is 5.95 Å². The topological polar surface area (TPSA) is 49.8 Å². The van der Waals surface area contributed by atoms with Gasteiger partial charge < -0.3 is 10.6 Å². The van der Waals surface area contributed by atoms with Crippen LogP contribution in [0.25, 0.3) is 0 Å². The van der Waals surface area contributed by atoms with Crippen molar-refractivity contribution in [3.63, 3.8) is 0 Å². The van der Waals surface area contributed by atoms with Crippen LogP contribution in [0.15, 0.2) is 66.7 Å². The summed E-state index contributed by atoms with van der Waals surface area (Å²) in [6.07, 6.45) is 0. The predicted molar refractivity (Wildman–Crippen MR) is 90.5 cm³/mol. The van der Waals surface area contributed by atoms with Crippen molar-refractivity contribution in [2.24, 2.45) is 0 Å². The Hall–Kier alpha value is -2.59. The zero-order chi connectivity index (χ0) is 15.2. The van der Waals surface area contributed by atoms with Crippen LogP contribution in [0, 0.1) is 0 Å². The smallest absolute Gasteiger partial charge is 0.226 e. The van der Waals surface area contributed by atoms with Gasteiger partial charge in [-0.15, -0.1) is 0 Å². The van der Waals surface area contributed by atoms with E-state index in [-0.39, 0.29) is 0 Å². The van der Waals surface area contributed by atoms with E-state index in [2.05, 4.69) is 20.6 Å². The summed E-state index contributed by atoms with van der Waals surface area (Å²) in [5.41, 5.74) is 2.11. The molecule has 1 aromatic heterocycles. The number of rotatable bonds is 5. The summed E-state index contributed by atoms with van der Waals surface area (Å²) in [5.74, 6) is 1.15. The largest absolute Gasteiger partial charge is 0.350 e. The maximum Gasteiger partial charge on any atom is 0.226 e. The van der Waals surface area contributed by atoms with Gasteiger partial charge in [0.25, 0.3) is 0 Å². The van der Waals surface area contributed by atoms with Gasteiger partial charge in [-0.05, 0) is 17.7 Å². The molecule has 0 fully saturated rings. The zero-order valence-electron chi connectivity index (χ0n) is 11.8. The maximum atomic E-state index is 6.07. The van der Waals surface area contributed by atoms with Crippen molar-refractivity contribution in [2.75, 3.05) is 10.6 Å². The van der Waals surface area contributed by atoms with Gasteiger partial charge >= 0.3 is 0 Å². The first-order chi connectivity index (χ1) is 10.8. The first-order valence-corrected chi connectivity index (χ1v) is 7.32. The molecule has 3 aromatic rings. The van der Waals surface area contributed by atoms with E-state index in [0.29, 0.717) is 23.5 Å². The van der Waals surface area contributed by atoms with E-state index in [9.17, 15) is 0 Å². The third-order valence-corrected chi connectivity index (χ3v) is 3.23. The Morgan fingerprint density at radius 3 is 2.27 bits per heavy atom. The minimum Gasteiger partial charge on any atom is -0.350 e. The van der Waals surface area contributed by atoms with Gasteiger partial charge in [-0.2, -0.15) is 4.98 Å². The molecule has 110 valence electrons. The van der Waals surface area contributed by atoms with Crippen molar-refractivity contribution in [2.45, 2.75) is 6.54 Å². The van der Waals surface area contributed by atoms with Gasteiger partial charge in [-0.3, -0.25) is 0 Å². The van der Waals surface area contributed by atoms with Crippen LogP contribution in [0.4, 0.5) is 17.5 Å². The number of anilines is 3. The fourth-order valence-corrected chi connectivity index (χ4v) is 2.19. The Morgan fingerprint density at radius 1 is 0.864 bits per heavy atom. The number of hydrogen-bond acceptors (Lipinski definition) is 4. The molecule has 4 nitrogen and oxygen atoms in total. The quantitative estimate of drug-likeness (QED) is 0.682. The molecule has 2 N–H and O–H groups in total. The molecule has 0 saturated heterocycles. The van der Waals surface area contributed by atoms with Gasteiger partial charge in [0, 0.05) is 18.3 Å². The third-order valence-electron chi connectivity index (χ3n) is 3.03. The van der Waals surface area contributed by atoms with E-state index in [1.807, 2.05) is 60.7 Å². The van der Waals surface area contributed by atoms with Crippen LogP contribution in [-0.4, -0.2) is 9.97 Å². The number of aromatic nitrogens is 2. The highest BCUT2D eigenvalue weighted by atomic mass is 35.5. The molecule has 0 radical (unpaired) electrons. The molecular formula is C17H15ClN4. The van der Waals surface area contributed by atoms with Gasteiger partial charge in [-0.25, -0.2) is 4.98 Å². The van der Waals surface area contributed by atoms with Crippen LogP contribution in [-0.2, 0) is 6.54 Å². The van der Waals surface area contributed by atoms with Gasteiger partial charge in [0.05, 0.1) is 0 Å². The standard InChI is InChI=1S/C17H15ClN4/c18-15-11-16(20-14-9-5-2-6-10-14)22-17(21-15)19-12-13-7-3-1-4-8-13/h1-11H,12H2,(H2,19,20,21,22). The summed E-state index contributed by atoms with van der Waals surface area (Å²) in [4.78, 5) is 8.62. The van der Waals surface area contributed by atoms with Crippen molar-refractivity contribution < 1.29 is 0 Å². The van der Waals surface area contributed by atoms with Crippen molar-refractivity contribution in [1.82, 2.24) is 9.97 Å². The van der Waals surface area contributed by atoms with Gasteiger partial charge in [0.1, 0.15) is 11.0 Å².